The van der Waals surface area contributed by atoms with Gasteiger partial charge in [0.15, 0.2) is 5.60 Å². The molecule has 0 saturated carbocycles. The quantitative estimate of drug-likeness (QED) is 0.604. The van der Waals surface area contributed by atoms with Gasteiger partial charge in [-0.1, -0.05) is 0 Å². The zero-order valence-corrected chi connectivity index (χ0v) is 8.43. The topological polar surface area (TPSA) is 110 Å². The van der Waals surface area contributed by atoms with Crippen molar-refractivity contribution in [2.75, 3.05) is 6.61 Å². The Morgan fingerprint density at radius 1 is 1.25 bits per heavy atom. The average molecular weight is 238 g/mol. The summed E-state index contributed by atoms with van der Waals surface area (Å²) in [5.74, 6) is -4.45. The molecule has 0 fully saturated rings. The van der Waals surface area contributed by atoms with Gasteiger partial charge in [-0.25, -0.2) is 9.59 Å². The molecule has 1 atom stereocenters. The van der Waals surface area contributed by atoms with Gasteiger partial charge >= 0.3 is 17.9 Å². The predicted molar refractivity (Wildman–Crippen MR) is 45.7 cm³/mol. The third-order valence-corrected chi connectivity index (χ3v) is 1.66. The third-order valence-electron chi connectivity index (χ3n) is 1.66. The molecule has 0 heterocycles. The van der Waals surface area contributed by atoms with Gasteiger partial charge in [0.25, 0.3) is 0 Å². The Labute approximate surface area is 89.7 Å². The largest absolute Gasteiger partial charge is 0.479 e. The molecule has 0 saturated heterocycles. The van der Waals surface area contributed by atoms with Crippen molar-refractivity contribution in [2.24, 2.45) is 0 Å². The highest BCUT2D eigenvalue weighted by Gasteiger charge is 2.42. The Morgan fingerprint density at radius 3 is 2.12 bits per heavy atom. The summed E-state index contributed by atoms with van der Waals surface area (Å²) in [5.41, 5.74) is -2.73. The average Bonchev–Trinajstić information content (AvgIpc) is 2.17. The van der Waals surface area contributed by atoms with Gasteiger partial charge in [0, 0.05) is 4.53 Å². The molecule has 7 nitrogen and oxygen atoms in total. The van der Waals surface area contributed by atoms with Gasteiger partial charge < -0.3 is 14.9 Å². The summed E-state index contributed by atoms with van der Waals surface area (Å²) in [6, 6.07) is 0. The second-order valence-corrected chi connectivity index (χ2v) is 2.94. The first-order chi connectivity index (χ1) is 7.35. The Balaban J connectivity index is 4.63. The number of carbonyl (C=O) groups excluding carboxylic acids is 2. The molecule has 0 aromatic heterocycles. The summed E-state index contributed by atoms with van der Waals surface area (Å²) in [6.07, 6.45) is -2.15. The molecule has 0 aliphatic rings. The number of aliphatic carboxylic acids is 1. The van der Waals surface area contributed by atoms with Crippen LogP contribution in [0.25, 0.3) is 0 Å². The van der Waals surface area contributed by atoms with E-state index in [-0.39, 0.29) is 6.61 Å². The molecule has 2 N–H and O–H groups in total. The van der Waals surface area contributed by atoms with Gasteiger partial charge in [-0.05, 0) is 6.92 Å². The summed E-state index contributed by atoms with van der Waals surface area (Å²) in [7, 11) is 0. The van der Waals surface area contributed by atoms with Crippen molar-refractivity contribution in [2.45, 2.75) is 25.4 Å². The number of carboxylic acid groups (broad SMARTS) is 1. The van der Waals surface area contributed by atoms with E-state index >= 15 is 0 Å². The Bertz CT molecular complexity index is 290. The van der Waals surface area contributed by atoms with E-state index in [2.05, 4.69) is 9.68 Å². The van der Waals surface area contributed by atoms with E-state index in [0.717, 1.165) is 0 Å². The van der Waals surface area contributed by atoms with Crippen LogP contribution in [0.1, 0.15) is 19.8 Å². The molecule has 0 aliphatic carbocycles. The van der Waals surface area contributed by atoms with Crippen molar-refractivity contribution in [1.29, 1.82) is 0 Å². The second-order valence-electron chi connectivity index (χ2n) is 2.94. The number of carbonyl (C=O) groups is 3. The Hall–Kier alpha value is -1.70. The minimum atomic E-state index is -2.73. The van der Waals surface area contributed by atoms with Gasteiger partial charge in [0.05, 0.1) is 19.4 Å². The van der Waals surface area contributed by atoms with Crippen LogP contribution in [-0.2, 0) is 24.1 Å². The second kappa shape index (κ2) is 6.01. The van der Waals surface area contributed by atoms with Crippen molar-refractivity contribution < 1.29 is 38.8 Å². The number of carboxylic acids is 1. The first-order valence-electron chi connectivity index (χ1n) is 4.28. The predicted octanol–water partition coefficient (Wildman–Crippen LogP) is -0.427. The number of ether oxygens (including phenoxy) is 1. The molecule has 8 heteroatoms. The van der Waals surface area contributed by atoms with Crippen LogP contribution in [0, 0.1) is 0 Å². The fourth-order valence-corrected chi connectivity index (χ4v) is 0.931. The number of hydrogen-bond donors (Lipinski definition) is 2. The van der Waals surface area contributed by atoms with Gasteiger partial charge in [0.1, 0.15) is 0 Å². The van der Waals surface area contributed by atoms with E-state index in [4.69, 9.17) is 5.11 Å². The van der Waals surface area contributed by atoms with Gasteiger partial charge in [0.2, 0.25) is 0 Å². The van der Waals surface area contributed by atoms with Crippen LogP contribution in [-0.4, -0.2) is 40.3 Å². The lowest BCUT2D eigenvalue weighted by molar-refractivity contribution is -0.194. The highest BCUT2D eigenvalue weighted by atomic mass is 19.3. The minimum Gasteiger partial charge on any atom is -0.479 e. The number of esters is 1. The zero-order chi connectivity index (χ0) is 12.8. The molecule has 0 aliphatic heterocycles. The number of hydrogen-bond acceptors (Lipinski definition) is 6. The number of rotatable bonds is 6. The molecular weight excluding hydrogens is 227 g/mol. The third kappa shape index (κ3) is 4.22. The molecular formula is C8H11FO7. The molecule has 0 aromatic carbocycles. The molecule has 0 bridgehead atoms. The van der Waals surface area contributed by atoms with E-state index in [1.54, 1.807) is 0 Å². The van der Waals surface area contributed by atoms with E-state index in [1.165, 1.54) is 6.92 Å². The van der Waals surface area contributed by atoms with Gasteiger partial charge in [-0.15, -0.1) is 0 Å². The minimum absolute atomic E-state index is 0.0118. The molecule has 0 rings (SSSR count). The summed E-state index contributed by atoms with van der Waals surface area (Å²) in [6.45, 7) is 1.47. The van der Waals surface area contributed by atoms with Crippen molar-refractivity contribution in [3.05, 3.63) is 0 Å². The van der Waals surface area contributed by atoms with Crippen LogP contribution in [0.15, 0.2) is 0 Å². The molecule has 0 spiro atoms. The SMILES string of the molecule is CCOC(=O)CC(O)(CC(=O)OF)C(=O)O. The molecule has 0 aromatic rings. The molecule has 0 radical (unpaired) electrons. The van der Waals surface area contributed by atoms with E-state index in [9.17, 15) is 24.0 Å². The first-order valence-corrected chi connectivity index (χ1v) is 4.28. The standard InChI is InChI=1S/C8H11FO7/c1-2-15-5(10)3-8(14,7(12)13)4-6(11)16-9/h14H,2-4H2,1H3,(H,12,13). The maximum Gasteiger partial charge on any atom is 0.352 e. The van der Waals surface area contributed by atoms with Crippen LogP contribution in [0.4, 0.5) is 4.53 Å². The molecule has 1 unspecified atom stereocenters. The maximum atomic E-state index is 11.4. The number of halogens is 1. The van der Waals surface area contributed by atoms with Crippen LogP contribution < -0.4 is 0 Å². The van der Waals surface area contributed by atoms with Crippen molar-refractivity contribution in [3.63, 3.8) is 0 Å². The summed E-state index contributed by atoms with van der Waals surface area (Å²) in [5, 5.41) is 18.0. The summed E-state index contributed by atoms with van der Waals surface area (Å²) in [4.78, 5) is 34.8. The fraction of sp³-hybridized carbons (Fsp3) is 0.625. The van der Waals surface area contributed by atoms with Crippen LogP contribution in [0.5, 0.6) is 0 Å². The van der Waals surface area contributed by atoms with Crippen molar-refractivity contribution >= 4 is 17.9 Å². The zero-order valence-electron chi connectivity index (χ0n) is 8.43. The van der Waals surface area contributed by atoms with Crippen LogP contribution in [0.3, 0.4) is 0 Å². The monoisotopic (exact) mass is 238 g/mol. The Kier molecular flexibility index (Phi) is 5.37. The normalized spacial score (nSPS) is 13.7. The summed E-state index contributed by atoms with van der Waals surface area (Å²) < 4.78 is 15.8. The summed E-state index contributed by atoms with van der Waals surface area (Å²) >= 11 is 0. The van der Waals surface area contributed by atoms with Crippen molar-refractivity contribution in [3.8, 4) is 0 Å². The van der Waals surface area contributed by atoms with Gasteiger partial charge in [-0.2, -0.15) is 0 Å². The van der Waals surface area contributed by atoms with Gasteiger partial charge in [-0.3, -0.25) is 9.74 Å². The maximum absolute atomic E-state index is 11.4. The molecule has 16 heavy (non-hydrogen) atoms. The molecule has 0 amide bonds. The smallest absolute Gasteiger partial charge is 0.352 e. The molecule has 92 valence electrons. The highest BCUT2D eigenvalue weighted by molar-refractivity contribution is 5.88. The lowest BCUT2D eigenvalue weighted by Gasteiger charge is -2.19. The lowest BCUT2D eigenvalue weighted by Crippen LogP contribution is -2.43. The van der Waals surface area contributed by atoms with E-state index in [1.807, 2.05) is 0 Å². The Morgan fingerprint density at radius 2 is 1.75 bits per heavy atom. The van der Waals surface area contributed by atoms with E-state index < -0.39 is 36.4 Å². The lowest BCUT2D eigenvalue weighted by atomic mass is 9.96. The van der Waals surface area contributed by atoms with Crippen LogP contribution >= 0.6 is 0 Å². The number of aliphatic hydroxyl groups is 1. The first kappa shape index (κ1) is 14.3. The van der Waals surface area contributed by atoms with E-state index in [0.29, 0.717) is 0 Å². The van der Waals surface area contributed by atoms with Crippen LogP contribution in [0.2, 0.25) is 0 Å². The fourth-order valence-electron chi connectivity index (χ4n) is 0.931. The highest BCUT2D eigenvalue weighted by Crippen LogP contribution is 2.17. The van der Waals surface area contributed by atoms with Crippen molar-refractivity contribution in [1.82, 2.24) is 0 Å².